The molecule has 116 valence electrons. The lowest BCUT2D eigenvalue weighted by molar-refractivity contribution is -0.384. The average Bonchev–Trinajstić information content (AvgIpc) is 3.12. The highest BCUT2D eigenvalue weighted by Crippen LogP contribution is 2.30. The molecule has 0 radical (unpaired) electrons. The van der Waals surface area contributed by atoms with E-state index in [2.05, 4.69) is 5.32 Å². The van der Waals surface area contributed by atoms with Gasteiger partial charge in [-0.25, -0.2) is 0 Å². The zero-order valence-electron chi connectivity index (χ0n) is 12.2. The van der Waals surface area contributed by atoms with Crippen LogP contribution in [0.1, 0.15) is 16.1 Å². The number of carbonyl (C=O) groups is 1. The number of nitrogens with one attached hydrogen (secondary N) is 1. The van der Waals surface area contributed by atoms with Crippen LogP contribution in [0.3, 0.4) is 0 Å². The maximum Gasteiger partial charge on any atom is 0.270 e. The molecule has 7 heteroatoms. The first-order valence-corrected chi connectivity index (χ1v) is 8.02. The van der Waals surface area contributed by atoms with Crippen LogP contribution in [0.2, 0.25) is 0 Å². The van der Waals surface area contributed by atoms with Gasteiger partial charge in [0.05, 0.1) is 9.80 Å². The minimum absolute atomic E-state index is 0.0301. The van der Waals surface area contributed by atoms with E-state index in [-0.39, 0.29) is 11.6 Å². The maximum atomic E-state index is 12.6. The van der Waals surface area contributed by atoms with Gasteiger partial charge >= 0.3 is 0 Å². The van der Waals surface area contributed by atoms with E-state index in [9.17, 15) is 14.9 Å². The third kappa shape index (κ3) is 2.82. The summed E-state index contributed by atoms with van der Waals surface area (Å²) in [6.45, 7) is 2.47. The van der Waals surface area contributed by atoms with Crippen LogP contribution in [0.25, 0.3) is 10.1 Å². The van der Waals surface area contributed by atoms with Gasteiger partial charge in [0.1, 0.15) is 0 Å². The van der Waals surface area contributed by atoms with Crippen molar-refractivity contribution in [3.63, 3.8) is 0 Å². The number of nitro groups is 1. The molecule has 0 bridgehead atoms. The van der Waals surface area contributed by atoms with E-state index < -0.39 is 4.92 Å². The molecular weight excluding hydrogens is 302 g/mol. The van der Waals surface area contributed by atoms with Crippen LogP contribution >= 0.6 is 11.3 Å². The molecule has 1 aromatic heterocycles. The number of benzene rings is 1. The third-order valence-electron chi connectivity index (χ3n) is 3.99. The number of hydrogen-bond acceptors (Lipinski definition) is 5. The Morgan fingerprint density at radius 1 is 1.50 bits per heavy atom. The van der Waals surface area contributed by atoms with Crippen molar-refractivity contribution < 1.29 is 9.72 Å². The number of amides is 1. The number of nitrogens with zero attached hydrogens (tertiary/aromatic N) is 2. The Morgan fingerprint density at radius 2 is 2.32 bits per heavy atom. The molecule has 1 saturated heterocycles. The summed E-state index contributed by atoms with van der Waals surface area (Å²) in [5, 5.41) is 14.7. The summed E-state index contributed by atoms with van der Waals surface area (Å²) in [5.41, 5.74) is 0.0551. The minimum atomic E-state index is -0.415. The molecule has 1 amide bonds. The van der Waals surface area contributed by atoms with Gasteiger partial charge in [-0.1, -0.05) is 0 Å². The van der Waals surface area contributed by atoms with Gasteiger partial charge in [0, 0.05) is 35.3 Å². The van der Waals surface area contributed by atoms with Crippen molar-refractivity contribution in [1.29, 1.82) is 0 Å². The van der Waals surface area contributed by atoms with E-state index >= 15 is 0 Å². The summed E-state index contributed by atoms with van der Waals surface area (Å²) < 4.78 is 0.903. The van der Waals surface area contributed by atoms with Crippen molar-refractivity contribution in [3.05, 3.63) is 39.3 Å². The van der Waals surface area contributed by atoms with Gasteiger partial charge in [-0.2, -0.15) is 0 Å². The van der Waals surface area contributed by atoms with E-state index in [4.69, 9.17) is 0 Å². The van der Waals surface area contributed by atoms with Crippen LogP contribution in [-0.2, 0) is 0 Å². The van der Waals surface area contributed by atoms with Crippen molar-refractivity contribution in [2.24, 2.45) is 5.92 Å². The fraction of sp³-hybridized carbons (Fsp3) is 0.400. The second kappa shape index (κ2) is 6.02. The largest absolute Gasteiger partial charge is 0.338 e. The molecule has 0 spiro atoms. The third-order valence-corrected chi connectivity index (χ3v) is 5.09. The predicted molar refractivity (Wildman–Crippen MR) is 86.4 cm³/mol. The molecule has 1 unspecified atom stereocenters. The Labute approximate surface area is 131 Å². The highest BCUT2D eigenvalue weighted by atomic mass is 32.1. The number of likely N-dealkylation sites (tertiary alicyclic amines) is 1. The fourth-order valence-electron chi connectivity index (χ4n) is 2.88. The summed E-state index contributed by atoms with van der Waals surface area (Å²) in [7, 11) is 1.92. The molecule has 22 heavy (non-hydrogen) atoms. The molecule has 1 aromatic carbocycles. The molecule has 0 saturated carbocycles. The zero-order valence-corrected chi connectivity index (χ0v) is 13.1. The van der Waals surface area contributed by atoms with Crippen molar-refractivity contribution in [1.82, 2.24) is 10.2 Å². The van der Waals surface area contributed by atoms with Crippen LogP contribution in [-0.4, -0.2) is 42.4 Å². The first kappa shape index (κ1) is 14.9. The summed E-state index contributed by atoms with van der Waals surface area (Å²) in [4.78, 5) is 25.5. The smallest absolute Gasteiger partial charge is 0.270 e. The number of rotatable bonds is 4. The monoisotopic (exact) mass is 319 g/mol. The predicted octanol–water partition coefficient (Wildman–Crippen LogP) is 2.49. The summed E-state index contributed by atoms with van der Waals surface area (Å²) >= 11 is 1.40. The van der Waals surface area contributed by atoms with Crippen molar-refractivity contribution in [2.45, 2.75) is 6.42 Å². The number of fused-ring (bicyclic) bond motifs is 1. The topological polar surface area (TPSA) is 75.5 Å². The van der Waals surface area contributed by atoms with E-state index in [0.29, 0.717) is 10.8 Å². The molecule has 2 aromatic rings. The minimum Gasteiger partial charge on any atom is -0.338 e. The molecule has 0 aliphatic carbocycles. The standard InChI is InChI=1S/C15H17N3O3S/c1-16-8-10-4-5-17(9-10)15(19)14-7-11-6-12(18(20)21)2-3-13(11)22-14/h2-3,6-7,10,16H,4-5,8-9H2,1H3. The molecular formula is C15H17N3O3S. The van der Waals surface area contributed by atoms with Gasteiger partial charge < -0.3 is 10.2 Å². The number of hydrogen-bond donors (Lipinski definition) is 1. The second-order valence-corrected chi connectivity index (χ2v) is 6.64. The fourth-order valence-corrected chi connectivity index (χ4v) is 3.89. The second-order valence-electron chi connectivity index (χ2n) is 5.55. The molecule has 1 N–H and O–H groups in total. The summed E-state index contributed by atoms with van der Waals surface area (Å²) in [6.07, 6.45) is 1.02. The van der Waals surface area contributed by atoms with Crippen LogP contribution in [0.15, 0.2) is 24.3 Å². The van der Waals surface area contributed by atoms with Crippen LogP contribution in [0, 0.1) is 16.0 Å². The lowest BCUT2D eigenvalue weighted by Crippen LogP contribution is -2.29. The Balaban J connectivity index is 1.81. The van der Waals surface area contributed by atoms with Crippen LogP contribution in [0.4, 0.5) is 5.69 Å². The van der Waals surface area contributed by atoms with E-state index in [1.54, 1.807) is 12.1 Å². The Kier molecular flexibility index (Phi) is 4.08. The quantitative estimate of drug-likeness (QED) is 0.694. The van der Waals surface area contributed by atoms with E-state index in [0.717, 1.165) is 36.1 Å². The average molecular weight is 319 g/mol. The molecule has 1 fully saturated rings. The molecule has 1 atom stereocenters. The SMILES string of the molecule is CNCC1CCN(C(=O)c2cc3cc([N+](=O)[O-])ccc3s2)C1. The Bertz CT molecular complexity index is 728. The van der Waals surface area contributed by atoms with Gasteiger partial charge in [-0.15, -0.1) is 11.3 Å². The highest BCUT2D eigenvalue weighted by molar-refractivity contribution is 7.20. The van der Waals surface area contributed by atoms with Crippen LogP contribution < -0.4 is 5.32 Å². The number of non-ortho nitro benzene ring substituents is 1. The molecule has 3 rings (SSSR count). The highest BCUT2D eigenvalue weighted by Gasteiger charge is 2.27. The maximum absolute atomic E-state index is 12.6. The van der Waals surface area contributed by atoms with Gasteiger partial charge in [0.15, 0.2) is 0 Å². The molecule has 1 aliphatic rings. The number of carbonyl (C=O) groups excluding carboxylic acids is 1. The lowest BCUT2D eigenvalue weighted by Gasteiger charge is -2.15. The summed E-state index contributed by atoms with van der Waals surface area (Å²) in [6, 6.07) is 6.48. The summed E-state index contributed by atoms with van der Waals surface area (Å²) in [5.74, 6) is 0.534. The van der Waals surface area contributed by atoms with Crippen molar-refractivity contribution >= 4 is 33.0 Å². The Hall–Kier alpha value is -1.99. The molecule has 2 heterocycles. The lowest BCUT2D eigenvalue weighted by atomic mass is 10.1. The molecule has 6 nitrogen and oxygen atoms in total. The first-order valence-electron chi connectivity index (χ1n) is 7.20. The van der Waals surface area contributed by atoms with E-state index in [1.165, 1.54) is 23.5 Å². The number of nitro benzene ring substituents is 1. The molecule has 1 aliphatic heterocycles. The van der Waals surface area contributed by atoms with Crippen molar-refractivity contribution in [2.75, 3.05) is 26.7 Å². The normalized spacial score (nSPS) is 18.0. The van der Waals surface area contributed by atoms with Gasteiger partial charge in [-0.3, -0.25) is 14.9 Å². The van der Waals surface area contributed by atoms with Gasteiger partial charge in [0.25, 0.3) is 11.6 Å². The number of thiophene rings is 1. The van der Waals surface area contributed by atoms with Crippen LogP contribution in [0.5, 0.6) is 0 Å². The van der Waals surface area contributed by atoms with Gasteiger partial charge in [-0.05, 0) is 38.1 Å². The zero-order chi connectivity index (χ0) is 15.7. The van der Waals surface area contributed by atoms with E-state index in [1.807, 2.05) is 11.9 Å². The Morgan fingerprint density at radius 3 is 3.05 bits per heavy atom. The first-order chi connectivity index (χ1) is 10.6. The van der Waals surface area contributed by atoms with Gasteiger partial charge in [0.2, 0.25) is 0 Å². The van der Waals surface area contributed by atoms with Crippen molar-refractivity contribution in [3.8, 4) is 0 Å².